The molecule has 1 aliphatic rings. The van der Waals surface area contributed by atoms with Gasteiger partial charge < -0.3 is 9.64 Å². The fourth-order valence-corrected chi connectivity index (χ4v) is 3.50. The average Bonchev–Trinajstić information content (AvgIpc) is 3.10. The van der Waals surface area contributed by atoms with Crippen molar-refractivity contribution in [2.24, 2.45) is 0 Å². The maximum Gasteiger partial charge on any atom is 0.254 e. The Hall–Kier alpha value is -2.14. The van der Waals surface area contributed by atoms with E-state index in [1.54, 1.807) is 7.11 Å². The van der Waals surface area contributed by atoms with E-state index >= 15 is 0 Å². The number of carbonyl (C=O) groups excluding carboxylic acids is 1. The standard InChI is InChI=1S/C20H27N3O2/c1-20(2,25-3)19(24)23-11-7-10-16(14-23)18-17(13-21-22-18)12-15-8-5-4-6-9-15/h4-6,8-9,13,16H,7,10-12,14H2,1-3H3,(H,21,22)/t16-/m1/s1. The Morgan fingerprint density at radius 1 is 1.36 bits per heavy atom. The minimum absolute atomic E-state index is 0.0591. The van der Waals surface area contributed by atoms with Gasteiger partial charge in [0.2, 0.25) is 0 Å². The molecule has 1 amide bonds. The van der Waals surface area contributed by atoms with Crippen molar-refractivity contribution in [3.8, 4) is 0 Å². The number of carbonyl (C=O) groups is 1. The summed E-state index contributed by atoms with van der Waals surface area (Å²) >= 11 is 0. The first-order chi connectivity index (χ1) is 12.0. The van der Waals surface area contributed by atoms with Crippen LogP contribution in [0, 0.1) is 0 Å². The molecule has 2 aromatic rings. The number of rotatable bonds is 5. The smallest absolute Gasteiger partial charge is 0.254 e. The van der Waals surface area contributed by atoms with Crippen LogP contribution < -0.4 is 0 Å². The number of likely N-dealkylation sites (tertiary alicyclic amines) is 1. The maximum absolute atomic E-state index is 12.7. The Morgan fingerprint density at radius 2 is 2.12 bits per heavy atom. The van der Waals surface area contributed by atoms with Crippen LogP contribution in [-0.2, 0) is 16.0 Å². The van der Waals surface area contributed by atoms with Crippen molar-refractivity contribution >= 4 is 5.91 Å². The average molecular weight is 341 g/mol. The van der Waals surface area contributed by atoms with Gasteiger partial charge in [-0.25, -0.2) is 0 Å². The molecule has 5 heteroatoms. The number of hydrogen-bond donors (Lipinski definition) is 1. The second kappa shape index (κ2) is 7.40. The van der Waals surface area contributed by atoms with Gasteiger partial charge in [0.25, 0.3) is 5.91 Å². The van der Waals surface area contributed by atoms with Crippen LogP contribution in [0.25, 0.3) is 0 Å². The molecule has 1 saturated heterocycles. The zero-order valence-electron chi connectivity index (χ0n) is 15.3. The van der Waals surface area contributed by atoms with E-state index in [2.05, 4.69) is 34.5 Å². The monoisotopic (exact) mass is 341 g/mol. The van der Waals surface area contributed by atoms with Crippen LogP contribution in [0.15, 0.2) is 36.5 Å². The lowest BCUT2D eigenvalue weighted by atomic mass is 9.90. The maximum atomic E-state index is 12.7. The predicted octanol–water partition coefficient (Wildman–Crippen LogP) is 3.13. The normalized spacial score (nSPS) is 18.4. The van der Waals surface area contributed by atoms with Gasteiger partial charge in [-0.15, -0.1) is 0 Å². The predicted molar refractivity (Wildman–Crippen MR) is 97.5 cm³/mol. The van der Waals surface area contributed by atoms with E-state index in [0.29, 0.717) is 5.92 Å². The number of nitrogens with one attached hydrogen (secondary N) is 1. The van der Waals surface area contributed by atoms with Crippen molar-refractivity contribution in [3.05, 3.63) is 53.3 Å². The number of ether oxygens (including phenoxy) is 1. The van der Waals surface area contributed by atoms with E-state index in [-0.39, 0.29) is 5.91 Å². The third-order valence-corrected chi connectivity index (χ3v) is 5.13. The molecule has 1 N–H and O–H groups in total. The zero-order valence-corrected chi connectivity index (χ0v) is 15.3. The molecule has 0 unspecified atom stereocenters. The molecule has 0 spiro atoms. The van der Waals surface area contributed by atoms with Gasteiger partial charge in [0.1, 0.15) is 5.60 Å². The highest BCUT2D eigenvalue weighted by atomic mass is 16.5. The van der Waals surface area contributed by atoms with E-state index in [1.165, 1.54) is 11.1 Å². The quantitative estimate of drug-likeness (QED) is 0.909. The van der Waals surface area contributed by atoms with Crippen molar-refractivity contribution in [2.75, 3.05) is 20.2 Å². The molecule has 3 rings (SSSR count). The van der Waals surface area contributed by atoms with Crippen LogP contribution in [-0.4, -0.2) is 46.8 Å². The fraction of sp³-hybridized carbons (Fsp3) is 0.500. The van der Waals surface area contributed by atoms with Crippen LogP contribution in [0.1, 0.15) is 49.4 Å². The molecule has 0 saturated carbocycles. The van der Waals surface area contributed by atoms with E-state index < -0.39 is 5.60 Å². The molecule has 2 heterocycles. The lowest BCUT2D eigenvalue weighted by Crippen LogP contribution is -2.49. The molecule has 1 aromatic carbocycles. The summed E-state index contributed by atoms with van der Waals surface area (Å²) in [5.74, 6) is 0.357. The number of hydrogen-bond acceptors (Lipinski definition) is 3. The first kappa shape index (κ1) is 17.7. The Bertz CT molecular complexity index is 709. The van der Waals surface area contributed by atoms with Crippen molar-refractivity contribution < 1.29 is 9.53 Å². The first-order valence-corrected chi connectivity index (χ1v) is 8.92. The number of piperidine rings is 1. The first-order valence-electron chi connectivity index (χ1n) is 8.92. The van der Waals surface area contributed by atoms with Crippen molar-refractivity contribution in [3.63, 3.8) is 0 Å². The van der Waals surface area contributed by atoms with Gasteiger partial charge in [-0.3, -0.25) is 9.89 Å². The molecule has 5 nitrogen and oxygen atoms in total. The number of benzene rings is 1. The van der Waals surface area contributed by atoms with Crippen LogP contribution >= 0.6 is 0 Å². The third-order valence-electron chi connectivity index (χ3n) is 5.13. The zero-order chi connectivity index (χ0) is 17.9. The van der Waals surface area contributed by atoms with Gasteiger partial charge >= 0.3 is 0 Å². The van der Waals surface area contributed by atoms with Gasteiger partial charge in [-0.2, -0.15) is 5.10 Å². The lowest BCUT2D eigenvalue weighted by molar-refractivity contribution is -0.152. The third kappa shape index (κ3) is 3.93. The Kier molecular flexibility index (Phi) is 5.23. The SMILES string of the molecule is COC(C)(C)C(=O)N1CCC[C@@H](c2[nH]ncc2Cc2ccccc2)C1. The highest BCUT2D eigenvalue weighted by molar-refractivity contribution is 5.84. The second-order valence-electron chi connectivity index (χ2n) is 7.28. The number of aromatic amines is 1. The van der Waals surface area contributed by atoms with Gasteiger partial charge in [0.15, 0.2) is 0 Å². The highest BCUT2D eigenvalue weighted by Crippen LogP contribution is 2.30. The molecule has 1 aromatic heterocycles. The summed E-state index contributed by atoms with van der Waals surface area (Å²) in [5, 5.41) is 7.46. The number of amides is 1. The molecule has 134 valence electrons. The molecule has 0 aliphatic carbocycles. The van der Waals surface area contributed by atoms with Crippen LogP contribution in [0.4, 0.5) is 0 Å². The molecular formula is C20H27N3O2. The summed E-state index contributed by atoms with van der Waals surface area (Å²) in [4.78, 5) is 14.7. The van der Waals surface area contributed by atoms with Crippen molar-refractivity contribution in [1.82, 2.24) is 15.1 Å². The topological polar surface area (TPSA) is 58.2 Å². The Balaban J connectivity index is 1.74. The summed E-state index contributed by atoms with van der Waals surface area (Å²) in [6, 6.07) is 10.4. The van der Waals surface area contributed by atoms with Crippen LogP contribution in [0.3, 0.4) is 0 Å². The van der Waals surface area contributed by atoms with E-state index in [0.717, 1.165) is 38.0 Å². The number of methoxy groups -OCH3 is 1. The van der Waals surface area contributed by atoms with Gasteiger partial charge in [-0.1, -0.05) is 30.3 Å². The second-order valence-corrected chi connectivity index (χ2v) is 7.28. The molecule has 1 aliphatic heterocycles. The molecular weight excluding hydrogens is 314 g/mol. The van der Waals surface area contributed by atoms with Crippen LogP contribution in [0.5, 0.6) is 0 Å². The lowest BCUT2D eigenvalue weighted by Gasteiger charge is -2.37. The van der Waals surface area contributed by atoms with Gasteiger partial charge in [-0.05, 0) is 37.8 Å². The fourth-order valence-electron chi connectivity index (χ4n) is 3.50. The molecule has 0 radical (unpaired) electrons. The van der Waals surface area contributed by atoms with Crippen molar-refractivity contribution in [2.45, 2.75) is 44.6 Å². The number of nitrogens with zero attached hydrogens (tertiary/aromatic N) is 2. The van der Waals surface area contributed by atoms with Crippen molar-refractivity contribution in [1.29, 1.82) is 0 Å². The van der Waals surface area contributed by atoms with Crippen LogP contribution in [0.2, 0.25) is 0 Å². The van der Waals surface area contributed by atoms with Gasteiger partial charge in [0, 0.05) is 38.2 Å². The molecule has 25 heavy (non-hydrogen) atoms. The minimum Gasteiger partial charge on any atom is -0.369 e. The molecule has 0 bridgehead atoms. The Morgan fingerprint density at radius 3 is 2.84 bits per heavy atom. The van der Waals surface area contributed by atoms with E-state index in [1.807, 2.05) is 31.0 Å². The minimum atomic E-state index is -0.775. The summed E-state index contributed by atoms with van der Waals surface area (Å²) in [6.07, 6.45) is 4.85. The summed E-state index contributed by atoms with van der Waals surface area (Å²) in [6.45, 7) is 5.17. The summed E-state index contributed by atoms with van der Waals surface area (Å²) in [7, 11) is 1.59. The number of H-pyrrole nitrogens is 1. The van der Waals surface area contributed by atoms with Gasteiger partial charge in [0.05, 0.1) is 6.20 Å². The Labute approximate surface area is 149 Å². The summed E-state index contributed by atoms with van der Waals surface area (Å²) < 4.78 is 5.37. The largest absolute Gasteiger partial charge is 0.369 e. The molecule has 1 fully saturated rings. The molecule has 1 atom stereocenters. The van der Waals surface area contributed by atoms with E-state index in [4.69, 9.17) is 4.74 Å². The number of aromatic nitrogens is 2. The highest BCUT2D eigenvalue weighted by Gasteiger charge is 2.35. The van der Waals surface area contributed by atoms with E-state index in [9.17, 15) is 4.79 Å². The summed E-state index contributed by atoms with van der Waals surface area (Å²) in [5.41, 5.74) is 2.88.